The molecule has 1 N–H and O–H groups in total. The lowest BCUT2D eigenvalue weighted by Crippen LogP contribution is -2.20. The van der Waals surface area contributed by atoms with E-state index in [-0.39, 0.29) is 0 Å². The van der Waals surface area contributed by atoms with Gasteiger partial charge in [-0.25, -0.2) is 0 Å². The Bertz CT molecular complexity index is 184. The van der Waals surface area contributed by atoms with E-state index in [0.29, 0.717) is 5.41 Å². The SMILES string of the molecule is CC(=CCl)CNCC1CC1(C)C. The first-order valence-electron chi connectivity index (χ1n) is 4.53. The van der Waals surface area contributed by atoms with E-state index in [1.165, 1.54) is 12.0 Å². The van der Waals surface area contributed by atoms with Gasteiger partial charge in [0.25, 0.3) is 0 Å². The minimum Gasteiger partial charge on any atom is -0.313 e. The van der Waals surface area contributed by atoms with Gasteiger partial charge in [-0.3, -0.25) is 0 Å². The molecule has 0 aromatic heterocycles. The number of halogens is 1. The lowest BCUT2D eigenvalue weighted by Gasteiger charge is -2.05. The summed E-state index contributed by atoms with van der Waals surface area (Å²) < 4.78 is 0. The Hall–Kier alpha value is -0.0100. The minimum atomic E-state index is 0.589. The fourth-order valence-corrected chi connectivity index (χ4v) is 1.48. The van der Waals surface area contributed by atoms with Crippen molar-refractivity contribution in [1.82, 2.24) is 5.32 Å². The maximum atomic E-state index is 5.54. The van der Waals surface area contributed by atoms with Gasteiger partial charge < -0.3 is 5.32 Å². The standard InChI is InChI=1S/C10H18ClN/c1-8(5-11)6-12-7-9-4-10(9,2)3/h5,9,12H,4,6-7H2,1-3H3. The Morgan fingerprint density at radius 2 is 2.25 bits per heavy atom. The summed E-state index contributed by atoms with van der Waals surface area (Å²) in [5.74, 6) is 0.876. The number of hydrogen-bond acceptors (Lipinski definition) is 1. The number of rotatable bonds is 4. The van der Waals surface area contributed by atoms with E-state index in [1.54, 1.807) is 5.54 Å². The molecule has 0 spiro atoms. The molecule has 0 aromatic rings. The summed E-state index contributed by atoms with van der Waals surface area (Å²) in [7, 11) is 0. The second-order valence-electron chi connectivity index (χ2n) is 4.48. The molecule has 1 rings (SSSR count). The summed E-state index contributed by atoms with van der Waals surface area (Å²) in [5, 5.41) is 3.40. The average molecular weight is 188 g/mol. The Morgan fingerprint density at radius 3 is 2.67 bits per heavy atom. The van der Waals surface area contributed by atoms with Gasteiger partial charge in [-0.05, 0) is 36.8 Å². The molecule has 0 heterocycles. The van der Waals surface area contributed by atoms with Gasteiger partial charge in [-0.1, -0.05) is 25.4 Å². The van der Waals surface area contributed by atoms with E-state index < -0.39 is 0 Å². The Labute approximate surface area is 80.2 Å². The van der Waals surface area contributed by atoms with Crippen molar-refractivity contribution in [2.24, 2.45) is 11.3 Å². The zero-order valence-corrected chi connectivity index (χ0v) is 8.91. The Kier molecular flexibility index (Phi) is 3.19. The summed E-state index contributed by atoms with van der Waals surface area (Å²) in [6.07, 6.45) is 1.36. The molecular formula is C10H18ClN. The van der Waals surface area contributed by atoms with Gasteiger partial charge >= 0.3 is 0 Å². The molecule has 1 unspecified atom stereocenters. The van der Waals surface area contributed by atoms with Crippen LogP contribution in [0.1, 0.15) is 27.2 Å². The highest BCUT2D eigenvalue weighted by Gasteiger charge is 2.44. The van der Waals surface area contributed by atoms with Crippen LogP contribution in [0, 0.1) is 11.3 Å². The van der Waals surface area contributed by atoms with Crippen LogP contribution in [-0.2, 0) is 0 Å². The van der Waals surface area contributed by atoms with Gasteiger partial charge in [-0.2, -0.15) is 0 Å². The van der Waals surface area contributed by atoms with Crippen molar-refractivity contribution in [3.05, 3.63) is 11.1 Å². The van der Waals surface area contributed by atoms with Gasteiger partial charge in [-0.15, -0.1) is 0 Å². The van der Waals surface area contributed by atoms with E-state index in [1.807, 2.05) is 6.92 Å². The molecule has 0 bridgehead atoms. The molecule has 0 aliphatic heterocycles. The zero-order valence-electron chi connectivity index (χ0n) is 8.15. The molecule has 1 atom stereocenters. The lowest BCUT2D eigenvalue weighted by molar-refractivity contribution is 0.529. The van der Waals surface area contributed by atoms with Crippen LogP contribution in [-0.4, -0.2) is 13.1 Å². The van der Waals surface area contributed by atoms with Crippen LogP contribution in [0.4, 0.5) is 0 Å². The first-order chi connectivity index (χ1) is 5.56. The fraction of sp³-hybridized carbons (Fsp3) is 0.800. The highest BCUT2D eigenvalue weighted by Crippen LogP contribution is 2.50. The van der Waals surface area contributed by atoms with Gasteiger partial charge in [0.15, 0.2) is 0 Å². The van der Waals surface area contributed by atoms with Crippen LogP contribution in [0.2, 0.25) is 0 Å². The van der Waals surface area contributed by atoms with Crippen molar-refractivity contribution >= 4 is 11.6 Å². The average Bonchev–Trinajstić information content (AvgIpc) is 2.59. The second-order valence-corrected chi connectivity index (χ2v) is 4.69. The smallest absolute Gasteiger partial charge is 0.0173 e. The molecule has 70 valence electrons. The predicted octanol–water partition coefficient (Wildman–Crippen LogP) is 2.76. The van der Waals surface area contributed by atoms with Gasteiger partial charge in [0.2, 0.25) is 0 Å². The number of hydrogen-bond donors (Lipinski definition) is 1. The van der Waals surface area contributed by atoms with Crippen molar-refractivity contribution in [2.75, 3.05) is 13.1 Å². The summed E-state index contributed by atoms with van der Waals surface area (Å²) in [6.45, 7) is 8.75. The largest absolute Gasteiger partial charge is 0.313 e. The van der Waals surface area contributed by atoms with E-state index in [4.69, 9.17) is 11.6 Å². The molecule has 12 heavy (non-hydrogen) atoms. The second kappa shape index (κ2) is 3.80. The molecule has 1 nitrogen and oxygen atoms in total. The van der Waals surface area contributed by atoms with E-state index >= 15 is 0 Å². The van der Waals surface area contributed by atoms with Crippen molar-refractivity contribution in [3.63, 3.8) is 0 Å². The Morgan fingerprint density at radius 1 is 1.67 bits per heavy atom. The monoisotopic (exact) mass is 187 g/mol. The van der Waals surface area contributed by atoms with Crippen molar-refractivity contribution in [1.29, 1.82) is 0 Å². The molecule has 0 amide bonds. The summed E-state index contributed by atoms with van der Waals surface area (Å²) in [5.41, 5.74) is 3.44. The molecule has 1 aliphatic carbocycles. The van der Waals surface area contributed by atoms with Gasteiger partial charge in [0.05, 0.1) is 0 Å². The molecule has 1 aliphatic rings. The van der Waals surface area contributed by atoms with Crippen molar-refractivity contribution < 1.29 is 0 Å². The molecule has 1 saturated carbocycles. The molecule has 0 radical (unpaired) electrons. The molecule has 2 heteroatoms. The van der Waals surface area contributed by atoms with Crippen LogP contribution < -0.4 is 5.32 Å². The number of nitrogens with one attached hydrogen (secondary N) is 1. The molecule has 1 fully saturated rings. The van der Waals surface area contributed by atoms with E-state index in [0.717, 1.165) is 19.0 Å². The van der Waals surface area contributed by atoms with Crippen molar-refractivity contribution in [3.8, 4) is 0 Å². The maximum absolute atomic E-state index is 5.54. The normalized spacial score (nSPS) is 27.3. The first-order valence-corrected chi connectivity index (χ1v) is 4.96. The highest BCUT2D eigenvalue weighted by molar-refractivity contribution is 6.25. The summed E-state index contributed by atoms with van der Waals surface area (Å²) >= 11 is 5.54. The van der Waals surface area contributed by atoms with Crippen LogP contribution >= 0.6 is 11.6 Å². The van der Waals surface area contributed by atoms with E-state index in [2.05, 4.69) is 19.2 Å². The summed E-state index contributed by atoms with van der Waals surface area (Å²) in [4.78, 5) is 0. The van der Waals surface area contributed by atoms with Gasteiger partial charge in [0.1, 0.15) is 0 Å². The first kappa shape index (κ1) is 10.1. The van der Waals surface area contributed by atoms with Crippen molar-refractivity contribution in [2.45, 2.75) is 27.2 Å². The van der Waals surface area contributed by atoms with Crippen LogP contribution in [0.3, 0.4) is 0 Å². The van der Waals surface area contributed by atoms with Gasteiger partial charge in [0, 0.05) is 12.1 Å². The van der Waals surface area contributed by atoms with Crippen LogP contribution in [0.15, 0.2) is 11.1 Å². The quantitative estimate of drug-likeness (QED) is 0.714. The molecule has 0 aromatic carbocycles. The van der Waals surface area contributed by atoms with E-state index in [9.17, 15) is 0 Å². The van der Waals surface area contributed by atoms with Crippen LogP contribution in [0.25, 0.3) is 0 Å². The molecule has 0 saturated heterocycles. The third kappa shape index (κ3) is 2.80. The lowest BCUT2D eigenvalue weighted by atomic mass is 10.1. The highest BCUT2D eigenvalue weighted by atomic mass is 35.5. The topological polar surface area (TPSA) is 12.0 Å². The minimum absolute atomic E-state index is 0.589. The maximum Gasteiger partial charge on any atom is 0.0173 e. The zero-order chi connectivity index (χ0) is 9.19. The fourth-order valence-electron chi connectivity index (χ4n) is 1.41. The van der Waals surface area contributed by atoms with Crippen LogP contribution in [0.5, 0.6) is 0 Å². The molecular weight excluding hydrogens is 170 g/mol. The third-order valence-electron chi connectivity index (χ3n) is 2.70. The predicted molar refractivity (Wildman–Crippen MR) is 54.4 cm³/mol. The summed E-state index contributed by atoms with van der Waals surface area (Å²) in [6, 6.07) is 0. The Balaban J connectivity index is 2.05. The third-order valence-corrected chi connectivity index (χ3v) is 3.07.